The van der Waals surface area contributed by atoms with Crippen molar-refractivity contribution in [1.29, 1.82) is 0 Å². The van der Waals surface area contributed by atoms with Crippen molar-refractivity contribution in [1.82, 2.24) is 0 Å². The molecule has 3 rings (SSSR count). The Labute approximate surface area is 159 Å². The zero-order valence-corrected chi connectivity index (χ0v) is 15.8. The van der Waals surface area contributed by atoms with Gasteiger partial charge in [-0.1, -0.05) is 6.07 Å². The lowest BCUT2D eigenvalue weighted by molar-refractivity contribution is -0.115. The minimum Gasteiger partial charge on any atom is -0.493 e. The number of rotatable bonds is 5. The van der Waals surface area contributed by atoms with Gasteiger partial charge in [0.1, 0.15) is 0 Å². The summed E-state index contributed by atoms with van der Waals surface area (Å²) in [6.45, 7) is 1.13. The van der Waals surface area contributed by atoms with Crippen LogP contribution in [-0.4, -0.2) is 33.2 Å². The van der Waals surface area contributed by atoms with Crippen molar-refractivity contribution < 1.29 is 14.3 Å². The number of fused-ring (bicyclic) bond motifs is 1. The molecule has 0 radical (unpaired) electrons. The maximum absolute atomic E-state index is 12.5. The molecule has 2 aromatic rings. The number of nitrogens with one attached hydrogen (secondary N) is 1. The van der Waals surface area contributed by atoms with Crippen molar-refractivity contribution in [3.05, 3.63) is 42.0 Å². The summed E-state index contributed by atoms with van der Waals surface area (Å²) in [7, 11) is 3.15. The van der Waals surface area contributed by atoms with E-state index in [1.54, 1.807) is 32.4 Å². The van der Waals surface area contributed by atoms with Gasteiger partial charge in [0, 0.05) is 29.7 Å². The van der Waals surface area contributed by atoms with Crippen LogP contribution in [0.15, 0.2) is 36.4 Å². The summed E-state index contributed by atoms with van der Waals surface area (Å²) in [5.41, 5.74) is 9.71. The van der Waals surface area contributed by atoms with Crippen molar-refractivity contribution in [2.24, 2.45) is 0 Å². The molecule has 1 heterocycles. The summed E-state index contributed by atoms with van der Waals surface area (Å²) in [4.78, 5) is 14.5. The van der Waals surface area contributed by atoms with E-state index in [2.05, 4.69) is 10.2 Å². The van der Waals surface area contributed by atoms with Crippen LogP contribution in [0.4, 0.5) is 17.1 Å². The Hall–Kier alpha value is -2.60. The minimum absolute atomic E-state index is 0. The van der Waals surface area contributed by atoms with E-state index in [9.17, 15) is 4.79 Å². The first-order valence-corrected chi connectivity index (χ1v) is 8.26. The van der Waals surface area contributed by atoms with Gasteiger partial charge >= 0.3 is 0 Å². The predicted molar refractivity (Wildman–Crippen MR) is 107 cm³/mol. The fourth-order valence-electron chi connectivity index (χ4n) is 3.18. The molecule has 1 aliphatic heterocycles. The van der Waals surface area contributed by atoms with Crippen LogP contribution in [0, 0.1) is 0 Å². The van der Waals surface area contributed by atoms with E-state index in [4.69, 9.17) is 15.2 Å². The summed E-state index contributed by atoms with van der Waals surface area (Å²) in [5.74, 6) is 1.12. The second-order valence-electron chi connectivity index (χ2n) is 5.99. The summed E-state index contributed by atoms with van der Waals surface area (Å²) in [5, 5.41) is 2.91. The second-order valence-corrected chi connectivity index (χ2v) is 5.99. The predicted octanol–water partition coefficient (Wildman–Crippen LogP) is 3.10. The summed E-state index contributed by atoms with van der Waals surface area (Å²) in [6.07, 6.45) is 1.95. The Balaban J connectivity index is 0.00000243. The van der Waals surface area contributed by atoms with Crippen molar-refractivity contribution in [3.63, 3.8) is 0 Å². The lowest BCUT2D eigenvalue weighted by atomic mass is 10.00. The number of hydrogen-bond donors (Lipinski definition) is 2. The summed E-state index contributed by atoms with van der Waals surface area (Å²) in [6, 6.07) is 11.2. The van der Waals surface area contributed by atoms with E-state index in [0.717, 1.165) is 36.3 Å². The van der Waals surface area contributed by atoms with E-state index < -0.39 is 0 Å². The van der Waals surface area contributed by atoms with Gasteiger partial charge in [-0.2, -0.15) is 0 Å². The van der Waals surface area contributed by atoms with E-state index >= 15 is 0 Å². The molecular formula is C19H24ClN3O3. The molecule has 7 heteroatoms. The van der Waals surface area contributed by atoms with Crippen LogP contribution >= 0.6 is 12.4 Å². The highest BCUT2D eigenvalue weighted by atomic mass is 35.5. The average Bonchev–Trinajstić information content (AvgIpc) is 2.62. The second kappa shape index (κ2) is 8.67. The number of methoxy groups -OCH3 is 2. The molecule has 0 saturated carbocycles. The quantitative estimate of drug-likeness (QED) is 0.783. The third-order valence-electron chi connectivity index (χ3n) is 4.38. The normalized spacial score (nSPS) is 12.6. The van der Waals surface area contributed by atoms with Crippen molar-refractivity contribution in [2.75, 3.05) is 43.3 Å². The average molecular weight is 378 g/mol. The topological polar surface area (TPSA) is 76.8 Å². The van der Waals surface area contributed by atoms with Crippen LogP contribution in [0.2, 0.25) is 0 Å². The van der Waals surface area contributed by atoms with Crippen LogP contribution in [0.5, 0.6) is 11.5 Å². The molecule has 0 bridgehead atoms. The highest BCUT2D eigenvalue weighted by Crippen LogP contribution is 2.32. The number of nitrogen functional groups attached to an aromatic ring is 1. The van der Waals surface area contributed by atoms with Crippen LogP contribution in [0.25, 0.3) is 0 Å². The zero-order valence-electron chi connectivity index (χ0n) is 15.0. The Bertz CT molecular complexity index is 783. The van der Waals surface area contributed by atoms with Gasteiger partial charge in [-0.25, -0.2) is 0 Å². The first-order chi connectivity index (χ1) is 12.1. The molecule has 0 spiro atoms. The number of nitrogens with zero attached hydrogens (tertiary/aromatic N) is 1. The monoisotopic (exact) mass is 377 g/mol. The minimum atomic E-state index is -0.0810. The number of ether oxygens (including phenoxy) is 2. The molecule has 26 heavy (non-hydrogen) atoms. The van der Waals surface area contributed by atoms with Crippen LogP contribution in [0.3, 0.4) is 0 Å². The fraction of sp³-hybridized carbons (Fsp3) is 0.316. The largest absolute Gasteiger partial charge is 0.493 e. The molecule has 140 valence electrons. The molecular weight excluding hydrogens is 354 g/mol. The first-order valence-electron chi connectivity index (χ1n) is 8.26. The van der Waals surface area contributed by atoms with Crippen LogP contribution < -0.4 is 25.4 Å². The highest BCUT2D eigenvalue weighted by molar-refractivity contribution is 5.94. The number of amides is 1. The molecule has 0 aliphatic carbocycles. The number of benzene rings is 2. The molecule has 1 aliphatic rings. The van der Waals surface area contributed by atoms with Gasteiger partial charge in [0.2, 0.25) is 5.91 Å². The van der Waals surface area contributed by atoms with Crippen molar-refractivity contribution in [2.45, 2.75) is 12.8 Å². The SMILES string of the molecule is COc1ccc(NC(=O)CN2CCCc3c(N)cccc32)cc1OC.Cl. The lowest BCUT2D eigenvalue weighted by Crippen LogP contribution is -2.37. The van der Waals surface area contributed by atoms with E-state index in [1.165, 1.54) is 0 Å². The first kappa shape index (κ1) is 19.7. The lowest BCUT2D eigenvalue weighted by Gasteiger charge is -2.31. The number of carbonyl (C=O) groups is 1. The van der Waals surface area contributed by atoms with Gasteiger partial charge in [-0.05, 0) is 42.7 Å². The van der Waals surface area contributed by atoms with Gasteiger partial charge in [-0.15, -0.1) is 12.4 Å². The van der Waals surface area contributed by atoms with E-state index in [-0.39, 0.29) is 24.9 Å². The summed E-state index contributed by atoms with van der Waals surface area (Å²) < 4.78 is 10.5. The maximum Gasteiger partial charge on any atom is 0.243 e. The molecule has 0 unspecified atom stereocenters. The maximum atomic E-state index is 12.5. The number of nitrogens with two attached hydrogens (primary N) is 1. The molecule has 0 atom stereocenters. The third-order valence-corrected chi connectivity index (χ3v) is 4.38. The van der Waals surface area contributed by atoms with Gasteiger partial charge < -0.3 is 25.4 Å². The van der Waals surface area contributed by atoms with E-state index in [0.29, 0.717) is 17.2 Å². The number of halogens is 1. The molecule has 0 aromatic heterocycles. The van der Waals surface area contributed by atoms with Gasteiger partial charge in [0.05, 0.1) is 20.8 Å². The highest BCUT2D eigenvalue weighted by Gasteiger charge is 2.20. The molecule has 0 fully saturated rings. The van der Waals surface area contributed by atoms with Gasteiger partial charge in [0.25, 0.3) is 0 Å². The fourth-order valence-corrected chi connectivity index (χ4v) is 3.18. The molecule has 2 aromatic carbocycles. The number of carbonyl (C=O) groups excluding carboxylic acids is 1. The van der Waals surface area contributed by atoms with Crippen molar-refractivity contribution in [3.8, 4) is 11.5 Å². The molecule has 6 nitrogen and oxygen atoms in total. The Morgan fingerprint density at radius 1 is 1.19 bits per heavy atom. The van der Waals surface area contributed by atoms with Crippen molar-refractivity contribution >= 4 is 35.4 Å². The van der Waals surface area contributed by atoms with Crippen LogP contribution in [-0.2, 0) is 11.2 Å². The third kappa shape index (κ3) is 4.14. The van der Waals surface area contributed by atoms with Gasteiger partial charge in [0.15, 0.2) is 11.5 Å². The molecule has 3 N–H and O–H groups in total. The van der Waals surface area contributed by atoms with E-state index in [1.807, 2.05) is 18.2 Å². The Kier molecular flexibility index (Phi) is 6.58. The molecule has 0 saturated heterocycles. The smallest absolute Gasteiger partial charge is 0.243 e. The standard InChI is InChI=1S/C19H23N3O3.ClH/c1-24-17-9-8-13(11-18(17)25-2)21-19(23)12-22-10-4-5-14-15(20)6-3-7-16(14)22;/h3,6-9,11H,4-5,10,12,20H2,1-2H3,(H,21,23);1H. The summed E-state index contributed by atoms with van der Waals surface area (Å²) >= 11 is 0. The Morgan fingerprint density at radius 2 is 1.96 bits per heavy atom. The molecule has 1 amide bonds. The van der Waals surface area contributed by atoms with Crippen LogP contribution in [0.1, 0.15) is 12.0 Å². The number of hydrogen-bond acceptors (Lipinski definition) is 5. The zero-order chi connectivity index (χ0) is 17.8. The Morgan fingerprint density at radius 3 is 2.69 bits per heavy atom. The number of anilines is 3. The van der Waals surface area contributed by atoms with Gasteiger partial charge in [-0.3, -0.25) is 4.79 Å².